The highest BCUT2D eigenvalue weighted by atomic mass is 32.1. The molecular weight excluding hydrogens is 515 g/mol. The molecule has 0 fully saturated rings. The van der Waals surface area contributed by atoms with Crippen LogP contribution in [0, 0.1) is 20.8 Å². The number of nitroso groups, excluding NO2 is 1. The number of hydrogen-bond acceptors (Lipinski definition) is 10. The first-order valence-electron chi connectivity index (χ1n) is 11.1. The van der Waals surface area contributed by atoms with E-state index in [1.54, 1.807) is 31.3 Å². The molecule has 3 heterocycles. The predicted octanol–water partition coefficient (Wildman–Crippen LogP) is 5.15. The number of anilines is 2. The van der Waals surface area contributed by atoms with E-state index in [0.29, 0.717) is 27.9 Å². The lowest BCUT2D eigenvalue weighted by molar-refractivity contribution is -0.380. The van der Waals surface area contributed by atoms with Crippen molar-refractivity contribution >= 4 is 44.8 Å². The highest BCUT2D eigenvalue weighted by Crippen LogP contribution is 2.31. The number of benzene rings is 2. The SMILES string of the molecule is CNc1cc(-c2nc(NC(=O)c3ccc([N+](=O)[O-])s3)c3cnn(-c4cccc(F)c4)c3n2)ccc1CN=O. The minimum Gasteiger partial charge on any atom is -0.388 e. The first-order valence-corrected chi connectivity index (χ1v) is 11.9. The molecule has 5 rings (SSSR count). The number of hydrogen-bond donors (Lipinski definition) is 2. The number of carbonyl (C=O) groups excluding carboxylic acids is 1. The Morgan fingerprint density at radius 2 is 2.03 bits per heavy atom. The minimum atomic E-state index is -0.601. The van der Waals surface area contributed by atoms with Gasteiger partial charge in [-0.05, 0) is 30.3 Å². The van der Waals surface area contributed by atoms with Gasteiger partial charge in [-0.15, -0.1) is 0 Å². The molecule has 0 saturated heterocycles. The molecule has 0 saturated carbocycles. The Balaban J connectivity index is 1.65. The lowest BCUT2D eigenvalue weighted by Gasteiger charge is -2.11. The number of amides is 1. The largest absolute Gasteiger partial charge is 0.388 e. The van der Waals surface area contributed by atoms with E-state index in [4.69, 9.17) is 0 Å². The summed E-state index contributed by atoms with van der Waals surface area (Å²) in [6.07, 6.45) is 1.44. The number of nitro groups is 1. The minimum absolute atomic E-state index is 0.0308. The van der Waals surface area contributed by atoms with Gasteiger partial charge in [-0.1, -0.05) is 34.7 Å². The normalized spacial score (nSPS) is 10.9. The maximum atomic E-state index is 14.0. The first-order chi connectivity index (χ1) is 18.4. The fraction of sp³-hybridized carbons (Fsp3) is 0.0833. The third-order valence-electron chi connectivity index (χ3n) is 5.58. The van der Waals surface area contributed by atoms with Crippen molar-refractivity contribution in [3.8, 4) is 17.1 Å². The summed E-state index contributed by atoms with van der Waals surface area (Å²) in [5.74, 6) is -0.745. The predicted molar refractivity (Wildman–Crippen MR) is 140 cm³/mol. The molecule has 0 spiro atoms. The number of halogens is 1. The fourth-order valence-corrected chi connectivity index (χ4v) is 4.52. The maximum absolute atomic E-state index is 14.0. The zero-order chi connectivity index (χ0) is 26.8. The molecule has 0 unspecified atom stereocenters. The molecule has 0 aliphatic carbocycles. The van der Waals surface area contributed by atoms with Crippen molar-refractivity contribution in [2.45, 2.75) is 6.54 Å². The van der Waals surface area contributed by atoms with Crippen LogP contribution in [0.15, 0.2) is 66.0 Å². The molecule has 190 valence electrons. The van der Waals surface area contributed by atoms with Gasteiger partial charge in [0.15, 0.2) is 11.5 Å². The zero-order valence-electron chi connectivity index (χ0n) is 19.6. The van der Waals surface area contributed by atoms with E-state index in [1.807, 2.05) is 0 Å². The van der Waals surface area contributed by atoms with Gasteiger partial charge in [0.2, 0.25) is 0 Å². The Morgan fingerprint density at radius 1 is 1.18 bits per heavy atom. The molecule has 1 amide bonds. The molecule has 14 heteroatoms. The van der Waals surface area contributed by atoms with Gasteiger partial charge in [0, 0.05) is 29.9 Å². The number of nitrogens with one attached hydrogen (secondary N) is 2. The number of carbonyl (C=O) groups is 1. The lowest BCUT2D eigenvalue weighted by atomic mass is 10.1. The second-order valence-electron chi connectivity index (χ2n) is 7.93. The topological polar surface area (TPSA) is 157 Å². The zero-order valence-corrected chi connectivity index (χ0v) is 20.4. The van der Waals surface area contributed by atoms with E-state index in [0.717, 1.165) is 11.3 Å². The summed E-state index contributed by atoms with van der Waals surface area (Å²) in [7, 11) is 1.70. The average Bonchev–Trinajstić information content (AvgIpc) is 3.57. The number of fused-ring (bicyclic) bond motifs is 1. The highest BCUT2D eigenvalue weighted by molar-refractivity contribution is 7.17. The molecule has 0 bridgehead atoms. The van der Waals surface area contributed by atoms with Gasteiger partial charge in [-0.2, -0.15) is 10.0 Å². The molecule has 2 aromatic carbocycles. The standard InChI is InChI=1S/C24H17FN8O4S/c1-26-18-9-13(5-6-14(18)11-28-35)21-29-22(31-24(34)19-7-8-20(38-19)33(36)37)17-12-27-32(23(17)30-21)16-4-2-3-15(25)10-16/h2-10,12,26H,11H2,1H3,(H,29,30,31,34). The molecule has 0 radical (unpaired) electrons. The van der Waals surface area contributed by atoms with Crippen molar-refractivity contribution in [3.05, 3.63) is 92.1 Å². The molecule has 3 aromatic heterocycles. The van der Waals surface area contributed by atoms with Crippen LogP contribution in [0.1, 0.15) is 15.2 Å². The highest BCUT2D eigenvalue weighted by Gasteiger charge is 2.21. The van der Waals surface area contributed by atoms with Gasteiger partial charge in [0.25, 0.3) is 5.91 Å². The van der Waals surface area contributed by atoms with Crippen molar-refractivity contribution < 1.29 is 14.1 Å². The molecule has 0 atom stereocenters. The maximum Gasteiger partial charge on any atom is 0.324 e. The van der Waals surface area contributed by atoms with Crippen LogP contribution in [-0.2, 0) is 6.54 Å². The quantitative estimate of drug-likeness (QED) is 0.158. The molecule has 0 aliphatic heterocycles. The summed E-state index contributed by atoms with van der Waals surface area (Å²) in [5.41, 5.74) is 2.56. The fourth-order valence-electron chi connectivity index (χ4n) is 3.80. The third kappa shape index (κ3) is 4.67. The van der Waals surface area contributed by atoms with E-state index in [-0.39, 0.29) is 33.7 Å². The van der Waals surface area contributed by atoms with Crippen molar-refractivity contribution in [1.82, 2.24) is 19.7 Å². The van der Waals surface area contributed by atoms with Crippen LogP contribution in [0.2, 0.25) is 0 Å². The Kier molecular flexibility index (Phi) is 6.53. The molecule has 5 aromatic rings. The Hall–Kier alpha value is -5.11. The van der Waals surface area contributed by atoms with Gasteiger partial charge in [-0.25, -0.2) is 19.0 Å². The van der Waals surface area contributed by atoms with Gasteiger partial charge >= 0.3 is 5.00 Å². The Bertz CT molecular complexity index is 1720. The lowest BCUT2D eigenvalue weighted by Crippen LogP contribution is -2.13. The monoisotopic (exact) mass is 532 g/mol. The Morgan fingerprint density at radius 3 is 2.74 bits per heavy atom. The van der Waals surface area contributed by atoms with Crippen molar-refractivity contribution in [2.75, 3.05) is 17.7 Å². The van der Waals surface area contributed by atoms with Crippen LogP contribution in [0.25, 0.3) is 28.1 Å². The summed E-state index contributed by atoms with van der Waals surface area (Å²) in [4.78, 5) is 43.5. The average molecular weight is 533 g/mol. The van der Waals surface area contributed by atoms with Crippen LogP contribution < -0.4 is 10.6 Å². The Labute approximate surface area is 217 Å². The summed E-state index contributed by atoms with van der Waals surface area (Å²) in [5, 5.41) is 24.2. The van der Waals surface area contributed by atoms with Crippen LogP contribution in [0.5, 0.6) is 0 Å². The number of thiophene rings is 1. The first kappa shape index (κ1) is 24.6. The van der Waals surface area contributed by atoms with Crippen molar-refractivity contribution in [2.24, 2.45) is 5.18 Å². The molecule has 2 N–H and O–H groups in total. The summed E-state index contributed by atoms with van der Waals surface area (Å²) < 4.78 is 15.4. The van der Waals surface area contributed by atoms with E-state index in [2.05, 4.69) is 30.9 Å². The summed E-state index contributed by atoms with van der Waals surface area (Å²) in [6.45, 7) is -0.0308. The smallest absolute Gasteiger partial charge is 0.324 e. The third-order valence-corrected chi connectivity index (χ3v) is 6.62. The second kappa shape index (κ2) is 10.1. The van der Waals surface area contributed by atoms with E-state index in [1.165, 1.54) is 41.2 Å². The molecule has 38 heavy (non-hydrogen) atoms. The number of aromatic nitrogens is 4. The number of nitrogens with zero attached hydrogens (tertiary/aromatic N) is 6. The van der Waals surface area contributed by atoms with Crippen LogP contribution in [0.3, 0.4) is 0 Å². The molecule has 12 nitrogen and oxygen atoms in total. The molecule has 0 aliphatic rings. The van der Waals surface area contributed by atoms with E-state index < -0.39 is 16.6 Å². The van der Waals surface area contributed by atoms with Gasteiger partial charge in [0.05, 0.1) is 27.1 Å². The van der Waals surface area contributed by atoms with Crippen LogP contribution in [0.4, 0.5) is 20.9 Å². The molecular formula is C24H17FN8O4S. The van der Waals surface area contributed by atoms with Crippen molar-refractivity contribution in [1.29, 1.82) is 0 Å². The van der Waals surface area contributed by atoms with Gasteiger partial charge in [-0.3, -0.25) is 14.9 Å². The van der Waals surface area contributed by atoms with Gasteiger partial charge in [0.1, 0.15) is 18.2 Å². The second-order valence-corrected chi connectivity index (χ2v) is 8.99. The van der Waals surface area contributed by atoms with Crippen LogP contribution >= 0.6 is 11.3 Å². The van der Waals surface area contributed by atoms with E-state index >= 15 is 0 Å². The summed E-state index contributed by atoms with van der Waals surface area (Å²) >= 11 is 0.729. The van der Waals surface area contributed by atoms with Crippen LogP contribution in [-0.4, -0.2) is 37.6 Å². The number of rotatable bonds is 8. The van der Waals surface area contributed by atoms with Crippen molar-refractivity contribution in [3.63, 3.8) is 0 Å². The van der Waals surface area contributed by atoms with E-state index in [9.17, 15) is 24.2 Å². The van der Waals surface area contributed by atoms with Gasteiger partial charge < -0.3 is 10.6 Å². The summed E-state index contributed by atoms with van der Waals surface area (Å²) in [6, 6.07) is 13.5.